The summed E-state index contributed by atoms with van der Waals surface area (Å²) in [5.41, 5.74) is 2.44. The van der Waals surface area contributed by atoms with Gasteiger partial charge in [-0.3, -0.25) is 24.1 Å². The summed E-state index contributed by atoms with van der Waals surface area (Å²) in [5.74, 6) is -1.31. The van der Waals surface area contributed by atoms with E-state index in [-0.39, 0.29) is 42.0 Å². The first-order valence-corrected chi connectivity index (χ1v) is 11.5. The van der Waals surface area contributed by atoms with Gasteiger partial charge in [-0.1, -0.05) is 36.4 Å². The lowest BCUT2D eigenvalue weighted by Crippen LogP contribution is -2.39. The molecule has 4 amide bonds. The highest BCUT2D eigenvalue weighted by Gasteiger charge is 2.35. The highest BCUT2D eigenvalue weighted by Crippen LogP contribution is 2.33. The summed E-state index contributed by atoms with van der Waals surface area (Å²) in [6.45, 7) is 1.56. The van der Waals surface area contributed by atoms with Crippen LogP contribution in [0.1, 0.15) is 36.1 Å². The molecule has 0 bridgehead atoms. The Balaban J connectivity index is 1.35. The number of hydrogen-bond acceptors (Lipinski definition) is 5. The number of carbonyl (C=O) groups excluding carboxylic acids is 4. The van der Waals surface area contributed by atoms with Crippen LogP contribution in [-0.4, -0.2) is 45.9 Å². The first-order chi connectivity index (χ1) is 16.3. The fourth-order valence-corrected chi connectivity index (χ4v) is 4.74. The summed E-state index contributed by atoms with van der Waals surface area (Å²) >= 11 is 0.804. The molecule has 174 valence electrons. The van der Waals surface area contributed by atoms with Crippen molar-refractivity contribution in [1.82, 2.24) is 15.1 Å². The number of imide groups is 1. The molecule has 4 rings (SSSR count). The molecule has 1 N–H and O–H groups in total. The van der Waals surface area contributed by atoms with Crippen LogP contribution in [0.25, 0.3) is 12.2 Å². The third kappa shape index (κ3) is 5.09. The van der Waals surface area contributed by atoms with E-state index < -0.39 is 17.2 Å². The molecule has 0 radical (unpaired) electrons. The Hall–Kier alpha value is -3.72. The number of nitrogens with one attached hydrogen (secondary N) is 1. The Bertz CT molecular complexity index is 1210. The Labute approximate surface area is 200 Å². The first-order valence-electron chi connectivity index (χ1n) is 10.7. The number of nitrogens with zero attached hydrogens (tertiary/aromatic N) is 2. The number of hydrogen-bond donors (Lipinski definition) is 1. The highest BCUT2D eigenvalue weighted by atomic mass is 32.2. The smallest absolute Gasteiger partial charge is 0.293 e. The number of thioether (sulfide) groups is 1. The van der Waals surface area contributed by atoms with Crippen LogP contribution in [0.4, 0.5) is 9.18 Å². The quantitative estimate of drug-likeness (QED) is 0.635. The van der Waals surface area contributed by atoms with Crippen molar-refractivity contribution < 1.29 is 23.6 Å². The summed E-state index contributed by atoms with van der Waals surface area (Å²) in [6, 6.07) is 12.7. The van der Waals surface area contributed by atoms with Crippen molar-refractivity contribution in [3.8, 4) is 0 Å². The fraction of sp³-hybridized carbons (Fsp3) is 0.200. The molecule has 1 fully saturated rings. The zero-order valence-corrected chi connectivity index (χ0v) is 19.2. The maximum Gasteiger partial charge on any atom is 0.293 e. The molecular formula is C25H22FN3O4S. The van der Waals surface area contributed by atoms with Gasteiger partial charge in [0, 0.05) is 26.2 Å². The van der Waals surface area contributed by atoms with Gasteiger partial charge in [-0.05, 0) is 52.7 Å². The van der Waals surface area contributed by atoms with Crippen LogP contribution in [-0.2, 0) is 14.4 Å². The van der Waals surface area contributed by atoms with Crippen molar-refractivity contribution >= 4 is 46.9 Å². The second-order valence-electron chi connectivity index (χ2n) is 7.83. The molecule has 2 aliphatic heterocycles. The lowest BCUT2D eigenvalue weighted by atomic mass is 9.93. The van der Waals surface area contributed by atoms with Crippen molar-refractivity contribution in [3.05, 3.63) is 82.1 Å². The van der Waals surface area contributed by atoms with Gasteiger partial charge in [0.2, 0.25) is 11.8 Å². The first kappa shape index (κ1) is 23.4. The van der Waals surface area contributed by atoms with Crippen molar-refractivity contribution in [2.24, 2.45) is 0 Å². The molecule has 7 nitrogen and oxygen atoms in total. The molecule has 2 aromatic rings. The largest absolute Gasteiger partial charge is 0.354 e. The van der Waals surface area contributed by atoms with Crippen LogP contribution in [0, 0.1) is 5.82 Å². The average Bonchev–Trinajstić information content (AvgIpc) is 3.08. The van der Waals surface area contributed by atoms with E-state index in [4.69, 9.17) is 0 Å². The third-order valence-corrected chi connectivity index (χ3v) is 6.45. The zero-order chi connectivity index (χ0) is 24.2. The van der Waals surface area contributed by atoms with Gasteiger partial charge in [0.1, 0.15) is 5.82 Å². The molecule has 9 heteroatoms. The van der Waals surface area contributed by atoms with E-state index in [1.807, 2.05) is 30.3 Å². The molecule has 2 aliphatic rings. The molecule has 34 heavy (non-hydrogen) atoms. The summed E-state index contributed by atoms with van der Waals surface area (Å²) in [4.78, 5) is 52.5. The van der Waals surface area contributed by atoms with Crippen LogP contribution in [0.5, 0.6) is 0 Å². The van der Waals surface area contributed by atoms with Gasteiger partial charge >= 0.3 is 0 Å². The molecule has 2 heterocycles. The summed E-state index contributed by atoms with van der Waals surface area (Å²) in [7, 11) is 0. The van der Waals surface area contributed by atoms with E-state index in [1.54, 1.807) is 6.20 Å². The maximum atomic E-state index is 13.1. The van der Waals surface area contributed by atoms with Gasteiger partial charge in [-0.15, -0.1) is 0 Å². The Morgan fingerprint density at radius 2 is 1.85 bits per heavy atom. The fourth-order valence-electron chi connectivity index (χ4n) is 3.87. The second-order valence-corrected chi connectivity index (χ2v) is 8.82. The standard InChI is InChI=1S/C25H22FN3O4S/c1-16(30)28-12-10-18-4-2-3-5-20(18)21(28)15-23(31)27-11-13-29-24(32)22(34-25(29)33)14-17-6-8-19(26)9-7-17/h2-10,12,14,21H,11,13,15H2,1H3,(H,27,31)/b22-14-. The summed E-state index contributed by atoms with van der Waals surface area (Å²) < 4.78 is 13.1. The van der Waals surface area contributed by atoms with Crippen molar-refractivity contribution in [2.75, 3.05) is 13.1 Å². The monoisotopic (exact) mass is 479 g/mol. The molecule has 2 aromatic carbocycles. The number of fused-ring (bicyclic) bond motifs is 1. The van der Waals surface area contributed by atoms with Gasteiger partial charge in [-0.25, -0.2) is 4.39 Å². The normalized spacial score (nSPS) is 18.4. The minimum Gasteiger partial charge on any atom is -0.354 e. The van der Waals surface area contributed by atoms with Gasteiger partial charge in [0.15, 0.2) is 0 Å². The minimum atomic E-state index is -0.456. The van der Waals surface area contributed by atoms with Crippen molar-refractivity contribution in [1.29, 1.82) is 0 Å². The predicted molar refractivity (Wildman–Crippen MR) is 127 cm³/mol. The van der Waals surface area contributed by atoms with Gasteiger partial charge < -0.3 is 10.2 Å². The summed E-state index contributed by atoms with van der Waals surface area (Å²) in [6.07, 6.45) is 5.10. The van der Waals surface area contributed by atoms with Crippen molar-refractivity contribution in [2.45, 2.75) is 19.4 Å². The van der Waals surface area contributed by atoms with E-state index in [0.29, 0.717) is 5.56 Å². The van der Waals surface area contributed by atoms with E-state index in [1.165, 1.54) is 42.2 Å². The lowest BCUT2D eigenvalue weighted by molar-refractivity contribution is -0.130. The van der Waals surface area contributed by atoms with Crippen LogP contribution in [0.2, 0.25) is 0 Å². The van der Waals surface area contributed by atoms with Crippen LogP contribution < -0.4 is 5.32 Å². The SMILES string of the molecule is CC(=O)N1C=Cc2ccccc2C1CC(=O)NCCN1C(=O)S/C(=C\c2ccc(F)cc2)C1=O. The van der Waals surface area contributed by atoms with Crippen LogP contribution >= 0.6 is 11.8 Å². The summed E-state index contributed by atoms with van der Waals surface area (Å²) in [5, 5.41) is 2.31. The molecule has 1 unspecified atom stereocenters. The molecule has 0 aliphatic carbocycles. The minimum absolute atomic E-state index is 0.0226. The topological polar surface area (TPSA) is 86.8 Å². The van der Waals surface area contributed by atoms with Crippen LogP contribution in [0.3, 0.4) is 0 Å². The van der Waals surface area contributed by atoms with Crippen LogP contribution in [0.15, 0.2) is 59.6 Å². The molecule has 0 saturated carbocycles. The molecular weight excluding hydrogens is 457 g/mol. The molecule has 1 atom stereocenters. The molecule has 1 saturated heterocycles. The number of amides is 4. The van der Waals surface area contributed by atoms with E-state index in [2.05, 4.69) is 5.32 Å². The molecule has 0 spiro atoms. The number of carbonyl (C=O) groups is 4. The lowest BCUT2D eigenvalue weighted by Gasteiger charge is -2.32. The number of benzene rings is 2. The number of halogens is 1. The van der Waals surface area contributed by atoms with Gasteiger partial charge in [0.25, 0.3) is 11.1 Å². The highest BCUT2D eigenvalue weighted by molar-refractivity contribution is 8.18. The van der Waals surface area contributed by atoms with E-state index in [9.17, 15) is 23.6 Å². The Morgan fingerprint density at radius 3 is 2.59 bits per heavy atom. The van der Waals surface area contributed by atoms with E-state index >= 15 is 0 Å². The third-order valence-electron chi connectivity index (χ3n) is 5.55. The van der Waals surface area contributed by atoms with Crippen molar-refractivity contribution in [3.63, 3.8) is 0 Å². The average molecular weight is 480 g/mol. The maximum absolute atomic E-state index is 13.1. The molecule has 0 aromatic heterocycles. The Morgan fingerprint density at radius 1 is 1.12 bits per heavy atom. The zero-order valence-electron chi connectivity index (χ0n) is 18.4. The second kappa shape index (κ2) is 10.0. The van der Waals surface area contributed by atoms with Gasteiger partial charge in [0.05, 0.1) is 17.4 Å². The van der Waals surface area contributed by atoms with Gasteiger partial charge in [-0.2, -0.15) is 0 Å². The Kier molecular flexibility index (Phi) is 6.93. The number of rotatable bonds is 6. The van der Waals surface area contributed by atoms with E-state index in [0.717, 1.165) is 27.8 Å². The predicted octanol–water partition coefficient (Wildman–Crippen LogP) is 3.94.